The quantitative estimate of drug-likeness (QED) is 0.405. The van der Waals surface area contributed by atoms with E-state index < -0.39 is 0 Å². The van der Waals surface area contributed by atoms with Crippen LogP contribution in [0.3, 0.4) is 0 Å². The molecule has 1 rings (SSSR count). The van der Waals surface area contributed by atoms with Crippen LogP contribution in [-0.2, 0) is 9.53 Å². The highest BCUT2D eigenvalue weighted by atomic mass is 32.1. The first-order valence-electron chi connectivity index (χ1n) is 4.40. The van der Waals surface area contributed by atoms with Crippen molar-refractivity contribution >= 4 is 23.3 Å². The number of rotatable bonds is 3. The minimum Gasteiger partial charge on any atom is -0.463 e. The van der Waals surface area contributed by atoms with Crippen molar-refractivity contribution in [2.45, 2.75) is 19.4 Å². The summed E-state index contributed by atoms with van der Waals surface area (Å²) in [5.74, 6) is -0.323. The zero-order valence-corrected chi connectivity index (χ0v) is 8.71. The van der Waals surface area contributed by atoms with E-state index in [0.717, 1.165) is 0 Å². The Hall–Kier alpha value is -1.25. The van der Waals surface area contributed by atoms with E-state index in [1.54, 1.807) is 13.0 Å². The molecule has 1 unspecified atom stereocenters. The smallest absolute Gasteiger partial charge is 0.336 e. The maximum absolute atomic E-state index is 11.4. The predicted molar refractivity (Wildman–Crippen MR) is 57.3 cm³/mol. The SMILES string of the molecule is CCOC(=O)C1=CC=CCC1N=C=S. The molecule has 0 bridgehead atoms. The summed E-state index contributed by atoms with van der Waals surface area (Å²) in [5.41, 5.74) is 0.548. The Bertz CT molecular complexity index is 327. The van der Waals surface area contributed by atoms with Gasteiger partial charge in [0.25, 0.3) is 0 Å². The summed E-state index contributed by atoms with van der Waals surface area (Å²) >= 11 is 4.52. The zero-order valence-electron chi connectivity index (χ0n) is 7.90. The summed E-state index contributed by atoms with van der Waals surface area (Å²) in [6.45, 7) is 2.14. The standard InChI is InChI=1S/C10H11NO2S/c1-2-13-10(12)8-5-3-4-6-9(8)11-7-14/h3-5,9H,2,6H2,1H3. The third-order valence-corrected chi connectivity index (χ3v) is 1.96. The van der Waals surface area contributed by atoms with Crippen molar-refractivity contribution < 1.29 is 9.53 Å². The molecular weight excluding hydrogens is 198 g/mol. The van der Waals surface area contributed by atoms with E-state index in [0.29, 0.717) is 18.6 Å². The molecule has 0 aromatic heterocycles. The van der Waals surface area contributed by atoms with Gasteiger partial charge in [-0.15, -0.1) is 0 Å². The molecule has 4 heteroatoms. The summed E-state index contributed by atoms with van der Waals surface area (Å²) in [5, 5.41) is 2.29. The molecule has 0 saturated heterocycles. The fourth-order valence-corrected chi connectivity index (χ4v) is 1.35. The predicted octanol–water partition coefficient (Wildman–Crippen LogP) is 1.91. The molecule has 1 aliphatic carbocycles. The van der Waals surface area contributed by atoms with Crippen LogP contribution >= 0.6 is 12.2 Å². The van der Waals surface area contributed by atoms with E-state index in [1.807, 2.05) is 12.2 Å². The van der Waals surface area contributed by atoms with Crippen LogP contribution in [0.4, 0.5) is 0 Å². The monoisotopic (exact) mass is 209 g/mol. The van der Waals surface area contributed by atoms with Crippen LogP contribution < -0.4 is 0 Å². The molecule has 0 radical (unpaired) electrons. The maximum atomic E-state index is 11.4. The Morgan fingerprint density at radius 1 is 1.86 bits per heavy atom. The normalized spacial score (nSPS) is 19.5. The summed E-state index contributed by atoms with van der Waals surface area (Å²) in [6, 6.07) is -0.225. The molecule has 74 valence electrons. The van der Waals surface area contributed by atoms with Gasteiger partial charge in [0, 0.05) is 0 Å². The van der Waals surface area contributed by atoms with Crippen LogP contribution in [0.1, 0.15) is 13.3 Å². The number of aliphatic imine (C=N–C) groups is 1. The van der Waals surface area contributed by atoms with Gasteiger partial charge in [-0.3, -0.25) is 0 Å². The molecule has 0 aromatic rings. The van der Waals surface area contributed by atoms with Crippen molar-refractivity contribution in [2.24, 2.45) is 4.99 Å². The van der Waals surface area contributed by atoms with Crippen LogP contribution in [0, 0.1) is 0 Å². The van der Waals surface area contributed by atoms with Gasteiger partial charge in [0.15, 0.2) is 0 Å². The Kier molecular flexibility index (Phi) is 4.23. The van der Waals surface area contributed by atoms with Crippen molar-refractivity contribution in [2.75, 3.05) is 6.61 Å². The lowest BCUT2D eigenvalue weighted by molar-refractivity contribution is -0.138. The van der Waals surface area contributed by atoms with E-state index in [2.05, 4.69) is 22.4 Å². The molecule has 0 heterocycles. The zero-order chi connectivity index (χ0) is 10.4. The first-order valence-corrected chi connectivity index (χ1v) is 4.81. The van der Waals surface area contributed by atoms with E-state index in [4.69, 9.17) is 4.74 Å². The van der Waals surface area contributed by atoms with Gasteiger partial charge in [-0.2, -0.15) is 0 Å². The molecule has 14 heavy (non-hydrogen) atoms. The number of esters is 1. The highest BCUT2D eigenvalue weighted by Gasteiger charge is 2.21. The molecule has 0 amide bonds. The number of carbonyl (C=O) groups is 1. The third-order valence-electron chi connectivity index (χ3n) is 1.85. The molecule has 0 fully saturated rings. The minimum atomic E-state index is -0.323. The number of carbonyl (C=O) groups excluding carboxylic acids is 1. The van der Waals surface area contributed by atoms with Crippen molar-refractivity contribution in [3.05, 3.63) is 23.8 Å². The Balaban J connectivity index is 2.81. The lowest BCUT2D eigenvalue weighted by Crippen LogP contribution is -2.19. The first-order chi connectivity index (χ1) is 6.79. The van der Waals surface area contributed by atoms with E-state index in [1.165, 1.54) is 0 Å². The molecule has 0 N–H and O–H groups in total. The summed E-state index contributed by atoms with van der Waals surface area (Å²) in [7, 11) is 0. The number of hydrogen-bond donors (Lipinski definition) is 0. The van der Waals surface area contributed by atoms with Crippen LogP contribution in [-0.4, -0.2) is 23.8 Å². The first kappa shape index (κ1) is 10.8. The maximum Gasteiger partial charge on any atom is 0.336 e. The number of isothiocyanates is 1. The van der Waals surface area contributed by atoms with E-state index in [9.17, 15) is 4.79 Å². The van der Waals surface area contributed by atoms with Crippen LogP contribution in [0.25, 0.3) is 0 Å². The number of hydrogen-bond acceptors (Lipinski definition) is 4. The van der Waals surface area contributed by atoms with Gasteiger partial charge in [-0.1, -0.05) is 12.2 Å². The number of nitrogens with zero attached hydrogens (tertiary/aromatic N) is 1. The van der Waals surface area contributed by atoms with Gasteiger partial charge in [-0.05, 0) is 31.6 Å². The lowest BCUT2D eigenvalue weighted by atomic mass is 10.00. The Morgan fingerprint density at radius 3 is 3.29 bits per heavy atom. The third kappa shape index (κ3) is 2.62. The fraction of sp³-hybridized carbons (Fsp3) is 0.400. The highest BCUT2D eigenvalue weighted by Crippen LogP contribution is 2.17. The second-order valence-corrected chi connectivity index (χ2v) is 2.93. The summed E-state index contributed by atoms with van der Waals surface area (Å²) in [6.07, 6.45) is 6.14. The fourth-order valence-electron chi connectivity index (χ4n) is 1.22. The molecule has 0 aromatic carbocycles. The molecule has 0 saturated carbocycles. The van der Waals surface area contributed by atoms with Gasteiger partial charge < -0.3 is 4.74 Å². The van der Waals surface area contributed by atoms with E-state index >= 15 is 0 Å². The molecular formula is C10H11NO2S. The molecule has 0 aliphatic heterocycles. The topological polar surface area (TPSA) is 38.7 Å². The van der Waals surface area contributed by atoms with Gasteiger partial charge in [0.05, 0.1) is 23.4 Å². The second-order valence-electron chi connectivity index (χ2n) is 2.74. The largest absolute Gasteiger partial charge is 0.463 e. The van der Waals surface area contributed by atoms with Crippen LogP contribution in [0.15, 0.2) is 28.8 Å². The Morgan fingerprint density at radius 2 is 2.64 bits per heavy atom. The van der Waals surface area contributed by atoms with Gasteiger partial charge in [-0.25, -0.2) is 9.79 Å². The second kappa shape index (κ2) is 5.47. The Labute approximate surface area is 88.2 Å². The van der Waals surface area contributed by atoms with E-state index in [-0.39, 0.29) is 12.0 Å². The number of allylic oxidation sites excluding steroid dienone is 2. The van der Waals surface area contributed by atoms with Crippen LogP contribution in [0.2, 0.25) is 0 Å². The van der Waals surface area contributed by atoms with Crippen molar-refractivity contribution in [1.29, 1.82) is 0 Å². The minimum absolute atomic E-state index is 0.225. The molecule has 3 nitrogen and oxygen atoms in total. The number of ether oxygens (including phenoxy) is 1. The summed E-state index contributed by atoms with van der Waals surface area (Å²) in [4.78, 5) is 15.3. The molecule has 1 aliphatic rings. The van der Waals surface area contributed by atoms with Crippen LogP contribution in [0.5, 0.6) is 0 Å². The van der Waals surface area contributed by atoms with Gasteiger partial charge >= 0.3 is 5.97 Å². The highest BCUT2D eigenvalue weighted by molar-refractivity contribution is 7.78. The lowest BCUT2D eigenvalue weighted by Gasteiger charge is -2.14. The van der Waals surface area contributed by atoms with Crippen molar-refractivity contribution in [3.8, 4) is 0 Å². The average Bonchev–Trinajstić information content (AvgIpc) is 2.19. The average molecular weight is 209 g/mol. The van der Waals surface area contributed by atoms with Gasteiger partial charge in [0.1, 0.15) is 0 Å². The molecule has 0 spiro atoms. The molecule has 1 atom stereocenters. The van der Waals surface area contributed by atoms with Crippen molar-refractivity contribution in [1.82, 2.24) is 0 Å². The summed E-state index contributed by atoms with van der Waals surface area (Å²) < 4.78 is 4.90. The van der Waals surface area contributed by atoms with Gasteiger partial charge in [0.2, 0.25) is 0 Å². The number of thiocarbonyl (C=S) groups is 1. The van der Waals surface area contributed by atoms with Crippen molar-refractivity contribution in [3.63, 3.8) is 0 Å².